The summed E-state index contributed by atoms with van der Waals surface area (Å²) in [7, 11) is 0. The first-order valence-corrected chi connectivity index (χ1v) is 2.45. The van der Waals surface area contributed by atoms with E-state index in [1.165, 1.54) is 6.20 Å². The molecule has 0 saturated heterocycles. The minimum absolute atomic E-state index is 0. The fraction of sp³-hybridized carbons (Fsp3) is 0.200. The van der Waals surface area contributed by atoms with Crippen molar-refractivity contribution in [3.8, 4) is 0 Å². The van der Waals surface area contributed by atoms with E-state index in [2.05, 4.69) is 9.97 Å². The number of imidazole rings is 1. The summed E-state index contributed by atoms with van der Waals surface area (Å²) in [5.74, 6) is -0.358. The molecule has 0 unspecified atom stereocenters. The number of carbonyl (C=O) groups is 1. The Morgan fingerprint density at radius 3 is 2.60 bits per heavy atom. The number of H-pyrrole nitrogens is 1. The molecular weight excluding hydrogens is 143 g/mol. The van der Waals surface area contributed by atoms with E-state index in [1.54, 1.807) is 6.92 Å². The van der Waals surface area contributed by atoms with Crippen molar-refractivity contribution >= 4 is 35.5 Å². The molecule has 5 heteroatoms. The van der Waals surface area contributed by atoms with Crippen LogP contribution in [0.5, 0.6) is 0 Å². The number of hydrogen-bond donors (Lipinski definition) is 2. The zero-order valence-electron chi connectivity index (χ0n) is 4.88. The number of aryl methyl sites for hydroxylation is 1. The van der Waals surface area contributed by atoms with Crippen LogP contribution in [0.4, 0.5) is 0 Å². The summed E-state index contributed by atoms with van der Waals surface area (Å²) in [6.07, 6.45) is 1.29. The van der Waals surface area contributed by atoms with Gasteiger partial charge in [0.1, 0.15) is 11.5 Å². The van der Waals surface area contributed by atoms with Gasteiger partial charge in [0.25, 0.3) is 0 Å². The van der Waals surface area contributed by atoms with Gasteiger partial charge < -0.3 is 10.1 Å². The standard InChI is InChI=1S/C5H6N2O2.Na.H/c1-3-6-2-4(7-3)5(8)9;;/h2H,1H3,(H,6,7)(H,8,9);;. The van der Waals surface area contributed by atoms with Crippen LogP contribution < -0.4 is 0 Å². The number of carboxylic acids is 1. The molecule has 0 aliphatic heterocycles. The summed E-state index contributed by atoms with van der Waals surface area (Å²) in [6.45, 7) is 1.70. The van der Waals surface area contributed by atoms with Gasteiger partial charge in [-0.05, 0) is 6.92 Å². The molecule has 1 rings (SSSR count). The molecule has 0 spiro atoms. The van der Waals surface area contributed by atoms with Crippen LogP contribution in [-0.4, -0.2) is 50.6 Å². The first-order chi connectivity index (χ1) is 4.20. The minimum atomic E-state index is -0.976. The van der Waals surface area contributed by atoms with E-state index in [1.807, 2.05) is 0 Å². The first kappa shape index (κ1) is 9.68. The summed E-state index contributed by atoms with van der Waals surface area (Å²) in [5, 5.41) is 8.33. The van der Waals surface area contributed by atoms with Gasteiger partial charge in [0.2, 0.25) is 0 Å². The van der Waals surface area contributed by atoms with Crippen molar-refractivity contribution in [2.45, 2.75) is 6.92 Å². The zero-order chi connectivity index (χ0) is 6.85. The molecule has 0 fully saturated rings. The van der Waals surface area contributed by atoms with Crippen molar-refractivity contribution in [1.82, 2.24) is 9.97 Å². The van der Waals surface area contributed by atoms with Crippen molar-refractivity contribution in [2.75, 3.05) is 0 Å². The Kier molecular flexibility index (Phi) is 3.63. The predicted molar refractivity (Wildman–Crippen MR) is 37.4 cm³/mol. The zero-order valence-corrected chi connectivity index (χ0v) is 4.88. The summed E-state index contributed by atoms with van der Waals surface area (Å²) in [6, 6.07) is 0. The van der Waals surface area contributed by atoms with E-state index >= 15 is 0 Å². The van der Waals surface area contributed by atoms with Crippen molar-refractivity contribution in [3.05, 3.63) is 17.7 Å². The molecule has 0 atom stereocenters. The number of nitrogens with one attached hydrogen (secondary N) is 1. The second kappa shape index (κ2) is 3.75. The number of nitrogens with zero attached hydrogens (tertiary/aromatic N) is 1. The van der Waals surface area contributed by atoms with Gasteiger partial charge in [-0.2, -0.15) is 0 Å². The van der Waals surface area contributed by atoms with Crippen molar-refractivity contribution in [2.24, 2.45) is 0 Å². The topological polar surface area (TPSA) is 66.0 Å². The van der Waals surface area contributed by atoms with Crippen LogP contribution in [0, 0.1) is 6.92 Å². The molecule has 4 nitrogen and oxygen atoms in total. The van der Waals surface area contributed by atoms with E-state index in [9.17, 15) is 4.79 Å². The van der Waals surface area contributed by atoms with Gasteiger partial charge >= 0.3 is 35.5 Å². The van der Waals surface area contributed by atoms with Crippen LogP contribution in [0.25, 0.3) is 0 Å². The van der Waals surface area contributed by atoms with Gasteiger partial charge in [0.05, 0.1) is 6.20 Å². The van der Waals surface area contributed by atoms with Crippen LogP contribution in [0.15, 0.2) is 6.20 Å². The van der Waals surface area contributed by atoms with E-state index in [4.69, 9.17) is 5.11 Å². The molecule has 50 valence electrons. The summed E-state index contributed by atoms with van der Waals surface area (Å²) in [4.78, 5) is 16.4. The number of aromatic nitrogens is 2. The Morgan fingerprint density at radius 2 is 2.40 bits per heavy atom. The van der Waals surface area contributed by atoms with E-state index in [0.717, 1.165) is 0 Å². The molecule has 0 aromatic carbocycles. The number of aromatic amines is 1. The van der Waals surface area contributed by atoms with Crippen LogP contribution in [-0.2, 0) is 0 Å². The van der Waals surface area contributed by atoms with Gasteiger partial charge in [-0.3, -0.25) is 0 Å². The van der Waals surface area contributed by atoms with Crippen molar-refractivity contribution < 1.29 is 9.90 Å². The molecule has 10 heavy (non-hydrogen) atoms. The second-order valence-electron chi connectivity index (χ2n) is 1.69. The SMILES string of the molecule is Cc1ncc(C(=O)O)[nH]1.[NaH]. The van der Waals surface area contributed by atoms with Crippen LogP contribution in [0.1, 0.15) is 16.3 Å². The van der Waals surface area contributed by atoms with Crippen molar-refractivity contribution in [1.29, 1.82) is 0 Å². The average Bonchev–Trinajstić information content (AvgIpc) is 2.14. The van der Waals surface area contributed by atoms with Crippen LogP contribution >= 0.6 is 0 Å². The quantitative estimate of drug-likeness (QED) is 0.543. The molecule has 0 aliphatic carbocycles. The van der Waals surface area contributed by atoms with Crippen molar-refractivity contribution in [3.63, 3.8) is 0 Å². The Balaban J connectivity index is 0.000000810. The Morgan fingerprint density at radius 1 is 1.80 bits per heavy atom. The van der Waals surface area contributed by atoms with E-state index in [-0.39, 0.29) is 35.3 Å². The molecule has 2 N–H and O–H groups in total. The summed E-state index contributed by atoms with van der Waals surface area (Å²) < 4.78 is 0. The number of rotatable bonds is 1. The molecule has 0 amide bonds. The Hall–Kier alpha value is -0.320. The molecule has 1 aromatic heterocycles. The molecule has 1 heterocycles. The molecule has 0 aliphatic rings. The molecule has 0 saturated carbocycles. The van der Waals surface area contributed by atoms with Gasteiger partial charge in [-0.25, -0.2) is 9.78 Å². The molecular formula is C5H7N2NaO2. The van der Waals surface area contributed by atoms with Gasteiger partial charge in [-0.15, -0.1) is 0 Å². The number of aromatic carboxylic acids is 1. The van der Waals surface area contributed by atoms with E-state index in [0.29, 0.717) is 5.82 Å². The van der Waals surface area contributed by atoms with Crippen LogP contribution in [0.2, 0.25) is 0 Å². The van der Waals surface area contributed by atoms with Crippen LogP contribution in [0.3, 0.4) is 0 Å². The average molecular weight is 150 g/mol. The Labute approximate surface area is 80.0 Å². The third-order valence-corrected chi connectivity index (χ3v) is 0.933. The fourth-order valence-electron chi connectivity index (χ4n) is 0.530. The Bertz CT molecular complexity index is 233. The van der Waals surface area contributed by atoms with Gasteiger partial charge in [0, 0.05) is 0 Å². The number of hydrogen-bond acceptors (Lipinski definition) is 2. The maximum atomic E-state index is 10.1. The molecule has 1 aromatic rings. The fourth-order valence-corrected chi connectivity index (χ4v) is 0.530. The first-order valence-electron chi connectivity index (χ1n) is 2.45. The third-order valence-electron chi connectivity index (χ3n) is 0.933. The van der Waals surface area contributed by atoms with Gasteiger partial charge in [0.15, 0.2) is 0 Å². The second-order valence-corrected chi connectivity index (χ2v) is 1.69. The number of carboxylic acid groups (broad SMARTS) is 1. The third kappa shape index (κ3) is 2.13. The summed E-state index contributed by atoms with van der Waals surface area (Å²) in [5.41, 5.74) is 0.132. The molecule has 0 bridgehead atoms. The van der Waals surface area contributed by atoms with E-state index < -0.39 is 5.97 Å². The monoisotopic (exact) mass is 150 g/mol. The normalized spacial score (nSPS) is 8.50. The molecule has 0 radical (unpaired) electrons. The maximum absolute atomic E-state index is 10.1. The predicted octanol–water partition coefficient (Wildman–Crippen LogP) is -0.232. The van der Waals surface area contributed by atoms with Gasteiger partial charge in [-0.1, -0.05) is 0 Å². The summed E-state index contributed by atoms with van der Waals surface area (Å²) >= 11 is 0.